The number of aliphatic hydroxyl groups excluding tert-OH is 1. The summed E-state index contributed by atoms with van der Waals surface area (Å²) in [6.45, 7) is 0. The molecular formula is C10H8F3NO. The first kappa shape index (κ1) is 10.0. The van der Waals surface area contributed by atoms with Crippen molar-refractivity contribution in [3.63, 3.8) is 0 Å². The number of nitrogens with one attached hydrogen (secondary N) is 1. The Morgan fingerprint density at radius 1 is 1.20 bits per heavy atom. The molecule has 2 N–H and O–H groups in total. The number of H-pyrrole nitrogens is 1. The first-order chi connectivity index (χ1) is 6.98. The summed E-state index contributed by atoms with van der Waals surface area (Å²) in [4.78, 5) is 2.53. The van der Waals surface area contributed by atoms with E-state index < -0.39 is 12.3 Å². The van der Waals surface area contributed by atoms with Crippen molar-refractivity contribution in [2.75, 3.05) is 0 Å². The van der Waals surface area contributed by atoms with E-state index in [0.717, 1.165) is 0 Å². The fraction of sp³-hybridized carbons (Fsp3) is 0.200. The summed E-state index contributed by atoms with van der Waals surface area (Å²) < 4.78 is 36.6. The summed E-state index contributed by atoms with van der Waals surface area (Å²) >= 11 is 0. The van der Waals surface area contributed by atoms with Crippen LogP contribution in [0.1, 0.15) is 11.8 Å². The SMILES string of the molecule is OC(c1cc2ccccc2[nH]1)C(F)(F)F. The molecule has 2 aromatic rings. The Hall–Kier alpha value is -1.49. The van der Waals surface area contributed by atoms with Gasteiger partial charge in [0, 0.05) is 5.52 Å². The third kappa shape index (κ3) is 1.83. The maximum atomic E-state index is 12.2. The van der Waals surface area contributed by atoms with Crippen LogP contribution in [0.15, 0.2) is 30.3 Å². The molecule has 0 saturated carbocycles. The number of para-hydroxylation sites is 1. The van der Waals surface area contributed by atoms with Gasteiger partial charge in [0.25, 0.3) is 0 Å². The zero-order valence-electron chi connectivity index (χ0n) is 7.55. The molecule has 0 fully saturated rings. The molecule has 2 rings (SSSR count). The van der Waals surface area contributed by atoms with Gasteiger partial charge in [-0.3, -0.25) is 0 Å². The van der Waals surface area contributed by atoms with Gasteiger partial charge in [0.05, 0.1) is 5.69 Å². The van der Waals surface area contributed by atoms with Crippen LogP contribution in [0.2, 0.25) is 0 Å². The lowest BCUT2D eigenvalue weighted by Crippen LogP contribution is -2.20. The standard InChI is InChI=1S/C10H8F3NO/c11-10(12,13)9(15)8-5-6-3-1-2-4-7(6)14-8/h1-5,9,14-15H. The molecule has 0 aliphatic rings. The summed E-state index contributed by atoms with van der Waals surface area (Å²) in [7, 11) is 0. The van der Waals surface area contributed by atoms with Gasteiger partial charge in [-0.05, 0) is 17.5 Å². The second kappa shape index (κ2) is 3.27. The van der Waals surface area contributed by atoms with Crippen LogP contribution < -0.4 is 0 Å². The van der Waals surface area contributed by atoms with Crippen LogP contribution in [0, 0.1) is 0 Å². The average molecular weight is 215 g/mol. The van der Waals surface area contributed by atoms with E-state index in [1.165, 1.54) is 6.07 Å². The van der Waals surface area contributed by atoms with E-state index in [1.54, 1.807) is 24.3 Å². The van der Waals surface area contributed by atoms with Crippen molar-refractivity contribution >= 4 is 10.9 Å². The van der Waals surface area contributed by atoms with Crippen molar-refractivity contribution in [1.29, 1.82) is 0 Å². The maximum absolute atomic E-state index is 12.2. The van der Waals surface area contributed by atoms with Crippen LogP contribution in [-0.2, 0) is 0 Å². The minimum atomic E-state index is -4.64. The topological polar surface area (TPSA) is 36.0 Å². The number of benzene rings is 1. The smallest absolute Gasteiger partial charge is 0.378 e. The molecule has 80 valence electrons. The quantitative estimate of drug-likeness (QED) is 0.753. The van der Waals surface area contributed by atoms with Crippen LogP contribution >= 0.6 is 0 Å². The Bertz CT molecular complexity index is 442. The lowest BCUT2D eigenvalue weighted by atomic mass is 10.2. The Morgan fingerprint density at radius 3 is 2.47 bits per heavy atom. The Labute approximate surface area is 83.3 Å². The molecule has 1 unspecified atom stereocenters. The van der Waals surface area contributed by atoms with E-state index in [9.17, 15) is 13.2 Å². The Morgan fingerprint density at radius 2 is 1.87 bits per heavy atom. The predicted molar refractivity (Wildman–Crippen MR) is 49.3 cm³/mol. The summed E-state index contributed by atoms with van der Waals surface area (Å²) in [5.74, 6) is 0. The number of alkyl halides is 3. The van der Waals surface area contributed by atoms with Crippen molar-refractivity contribution in [2.45, 2.75) is 12.3 Å². The van der Waals surface area contributed by atoms with Gasteiger partial charge in [0.15, 0.2) is 6.10 Å². The van der Waals surface area contributed by atoms with E-state index >= 15 is 0 Å². The molecule has 0 aliphatic heterocycles. The van der Waals surface area contributed by atoms with Crippen molar-refractivity contribution in [1.82, 2.24) is 4.98 Å². The first-order valence-electron chi connectivity index (χ1n) is 4.31. The van der Waals surface area contributed by atoms with Gasteiger partial charge < -0.3 is 10.1 Å². The van der Waals surface area contributed by atoms with Gasteiger partial charge in [0.1, 0.15) is 0 Å². The second-order valence-electron chi connectivity index (χ2n) is 3.26. The fourth-order valence-electron chi connectivity index (χ4n) is 1.42. The zero-order valence-corrected chi connectivity index (χ0v) is 7.55. The number of fused-ring (bicyclic) bond motifs is 1. The average Bonchev–Trinajstić information content (AvgIpc) is 2.58. The number of rotatable bonds is 1. The van der Waals surface area contributed by atoms with Gasteiger partial charge in [-0.1, -0.05) is 18.2 Å². The molecule has 1 atom stereocenters. The highest BCUT2D eigenvalue weighted by atomic mass is 19.4. The largest absolute Gasteiger partial charge is 0.420 e. The minimum absolute atomic E-state index is 0.233. The lowest BCUT2D eigenvalue weighted by Gasteiger charge is -2.12. The number of aliphatic hydroxyl groups is 1. The van der Waals surface area contributed by atoms with Crippen molar-refractivity contribution in [3.8, 4) is 0 Å². The minimum Gasteiger partial charge on any atom is -0.378 e. The fourth-order valence-corrected chi connectivity index (χ4v) is 1.42. The molecule has 0 saturated heterocycles. The van der Waals surface area contributed by atoms with E-state index in [0.29, 0.717) is 10.9 Å². The number of hydrogen-bond acceptors (Lipinski definition) is 1. The molecule has 2 nitrogen and oxygen atoms in total. The van der Waals surface area contributed by atoms with Gasteiger partial charge >= 0.3 is 6.18 Å². The summed E-state index contributed by atoms with van der Waals surface area (Å²) in [5.41, 5.74) is 0.347. The molecule has 1 heterocycles. The predicted octanol–water partition coefficient (Wildman–Crippen LogP) is 2.76. The monoisotopic (exact) mass is 215 g/mol. The van der Waals surface area contributed by atoms with Crippen LogP contribution in [-0.4, -0.2) is 16.3 Å². The van der Waals surface area contributed by atoms with E-state index in [4.69, 9.17) is 5.11 Å². The molecule has 5 heteroatoms. The summed E-state index contributed by atoms with van der Waals surface area (Å²) in [6, 6.07) is 8.07. The lowest BCUT2D eigenvalue weighted by molar-refractivity contribution is -0.207. The van der Waals surface area contributed by atoms with Crippen LogP contribution in [0.25, 0.3) is 10.9 Å². The second-order valence-corrected chi connectivity index (χ2v) is 3.26. The summed E-state index contributed by atoms with van der Waals surface area (Å²) in [5, 5.41) is 9.65. The molecule has 0 spiro atoms. The van der Waals surface area contributed by atoms with Crippen LogP contribution in [0.3, 0.4) is 0 Å². The molecule has 0 aliphatic carbocycles. The maximum Gasteiger partial charge on any atom is 0.420 e. The third-order valence-electron chi connectivity index (χ3n) is 2.16. The van der Waals surface area contributed by atoms with Gasteiger partial charge in [-0.15, -0.1) is 0 Å². The molecule has 0 radical (unpaired) electrons. The molecular weight excluding hydrogens is 207 g/mol. The van der Waals surface area contributed by atoms with Crippen molar-refractivity contribution in [3.05, 3.63) is 36.0 Å². The summed E-state index contributed by atoms with van der Waals surface area (Å²) in [6.07, 6.45) is -7.09. The Balaban J connectivity index is 2.45. The molecule has 0 amide bonds. The van der Waals surface area contributed by atoms with Crippen LogP contribution in [0.5, 0.6) is 0 Å². The number of aromatic amines is 1. The van der Waals surface area contributed by atoms with Crippen molar-refractivity contribution in [2.24, 2.45) is 0 Å². The molecule has 1 aromatic heterocycles. The van der Waals surface area contributed by atoms with Crippen molar-refractivity contribution < 1.29 is 18.3 Å². The third-order valence-corrected chi connectivity index (χ3v) is 2.16. The normalized spacial score (nSPS) is 14.4. The molecule has 0 bridgehead atoms. The Kier molecular flexibility index (Phi) is 2.19. The molecule has 15 heavy (non-hydrogen) atoms. The number of aromatic nitrogens is 1. The molecule has 1 aromatic carbocycles. The van der Waals surface area contributed by atoms with Gasteiger partial charge in [-0.2, -0.15) is 13.2 Å². The highest BCUT2D eigenvalue weighted by molar-refractivity contribution is 5.80. The van der Waals surface area contributed by atoms with Gasteiger partial charge in [-0.25, -0.2) is 0 Å². The number of hydrogen-bond donors (Lipinski definition) is 2. The number of halogens is 3. The van der Waals surface area contributed by atoms with Crippen LogP contribution in [0.4, 0.5) is 13.2 Å². The van der Waals surface area contributed by atoms with E-state index in [1.807, 2.05) is 0 Å². The highest BCUT2D eigenvalue weighted by Crippen LogP contribution is 2.33. The first-order valence-corrected chi connectivity index (χ1v) is 4.31. The van der Waals surface area contributed by atoms with Gasteiger partial charge in [0.2, 0.25) is 0 Å². The van der Waals surface area contributed by atoms with E-state index in [2.05, 4.69) is 4.98 Å². The highest BCUT2D eigenvalue weighted by Gasteiger charge is 2.40. The zero-order chi connectivity index (χ0) is 11.1. The van der Waals surface area contributed by atoms with E-state index in [-0.39, 0.29) is 5.69 Å².